The van der Waals surface area contributed by atoms with Gasteiger partial charge < -0.3 is 24.9 Å². The van der Waals surface area contributed by atoms with Gasteiger partial charge in [-0.15, -0.1) is 0 Å². The molecular formula is C27H38N4O6. The fourth-order valence-corrected chi connectivity index (χ4v) is 4.29. The predicted octanol–water partition coefficient (Wildman–Crippen LogP) is 4.34. The number of benzene rings is 1. The zero-order chi connectivity index (χ0) is 27.5. The van der Waals surface area contributed by atoms with Crippen molar-refractivity contribution in [3.8, 4) is 0 Å². The Bertz CT molecular complexity index is 1170. The Labute approximate surface area is 217 Å². The van der Waals surface area contributed by atoms with Crippen molar-refractivity contribution in [2.45, 2.75) is 90.5 Å². The van der Waals surface area contributed by atoms with Gasteiger partial charge in [-0.3, -0.25) is 19.9 Å². The molecule has 10 nitrogen and oxygen atoms in total. The van der Waals surface area contributed by atoms with E-state index in [1.165, 1.54) is 4.90 Å². The number of nitrogens with one attached hydrogen (secondary N) is 2. The van der Waals surface area contributed by atoms with E-state index in [9.17, 15) is 14.4 Å². The monoisotopic (exact) mass is 514 g/mol. The minimum atomic E-state index is -0.702. The molecule has 1 aliphatic rings. The molecule has 37 heavy (non-hydrogen) atoms. The molecule has 0 unspecified atom stereocenters. The van der Waals surface area contributed by atoms with Crippen molar-refractivity contribution in [2.24, 2.45) is 5.73 Å². The van der Waals surface area contributed by atoms with Crippen molar-refractivity contribution >= 4 is 34.8 Å². The molecule has 0 saturated heterocycles. The first-order valence-electron chi connectivity index (χ1n) is 12.5. The molecule has 1 fully saturated rings. The number of ether oxygens (including phenoxy) is 2. The number of nitrogens with zero attached hydrogens (tertiary/aromatic N) is 1. The molecule has 0 radical (unpaired) electrons. The molecule has 0 atom stereocenters. The maximum absolute atomic E-state index is 12.9. The highest BCUT2D eigenvalue weighted by Crippen LogP contribution is 2.27. The molecule has 202 valence electrons. The lowest BCUT2D eigenvalue weighted by atomic mass is 9.90. The van der Waals surface area contributed by atoms with E-state index in [1.54, 1.807) is 65.8 Å². The summed E-state index contributed by atoms with van der Waals surface area (Å²) in [5.41, 5.74) is 5.27. The quantitative estimate of drug-likeness (QED) is 0.295. The molecule has 1 heterocycles. The van der Waals surface area contributed by atoms with E-state index in [-0.39, 0.29) is 36.1 Å². The van der Waals surface area contributed by atoms with Crippen molar-refractivity contribution in [3.05, 3.63) is 35.6 Å². The molecule has 1 aliphatic carbocycles. The zero-order valence-electron chi connectivity index (χ0n) is 22.5. The van der Waals surface area contributed by atoms with Gasteiger partial charge >= 0.3 is 12.1 Å². The maximum Gasteiger partial charge on any atom is 0.411 e. The average Bonchev–Trinajstić information content (AvgIpc) is 3.19. The highest BCUT2D eigenvalue weighted by Gasteiger charge is 2.34. The van der Waals surface area contributed by atoms with Crippen LogP contribution in [-0.4, -0.2) is 58.5 Å². The second-order valence-electron chi connectivity index (χ2n) is 11.5. The summed E-state index contributed by atoms with van der Waals surface area (Å²) in [5.74, 6) is -0.704. The second kappa shape index (κ2) is 10.8. The third-order valence-electron chi connectivity index (χ3n) is 5.87. The van der Waals surface area contributed by atoms with Gasteiger partial charge in [0.25, 0.3) is 5.91 Å². The highest BCUT2D eigenvalue weighted by molar-refractivity contribution is 6.00. The minimum absolute atomic E-state index is 0.0574. The molecule has 2 aromatic rings. The zero-order valence-corrected chi connectivity index (χ0v) is 22.5. The molecule has 4 N–H and O–H groups in total. The SMILES string of the molecule is CC(C)(C)OC(=O)CN(C(=O)OC(C)(C)C)C1CCC(NC(=O)c2cc3cc(C(=N)N)ccc3o2)CC1. The Balaban J connectivity index is 1.63. The fraction of sp³-hybridized carbons (Fsp3) is 0.556. The summed E-state index contributed by atoms with van der Waals surface area (Å²) in [7, 11) is 0. The average molecular weight is 515 g/mol. The molecule has 10 heteroatoms. The molecule has 3 rings (SSSR count). The van der Waals surface area contributed by atoms with Crippen LogP contribution in [0.2, 0.25) is 0 Å². The summed E-state index contributed by atoms with van der Waals surface area (Å²) >= 11 is 0. The van der Waals surface area contributed by atoms with Crippen LogP contribution in [0.1, 0.15) is 83.3 Å². The molecule has 1 saturated carbocycles. The number of hydrogen-bond acceptors (Lipinski definition) is 7. The first-order chi connectivity index (χ1) is 17.1. The minimum Gasteiger partial charge on any atom is -0.459 e. The second-order valence-corrected chi connectivity index (χ2v) is 11.5. The summed E-state index contributed by atoms with van der Waals surface area (Å²) < 4.78 is 16.7. The van der Waals surface area contributed by atoms with Crippen molar-refractivity contribution < 1.29 is 28.3 Å². The van der Waals surface area contributed by atoms with Crippen molar-refractivity contribution in [3.63, 3.8) is 0 Å². The van der Waals surface area contributed by atoms with E-state index in [0.29, 0.717) is 42.2 Å². The number of carbonyl (C=O) groups is 3. The molecule has 2 amide bonds. The van der Waals surface area contributed by atoms with E-state index >= 15 is 0 Å². The van der Waals surface area contributed by atoms with Crippen LogP contribution >= 0.6 is 0 Å². The van der Waals surface area contributed by atoms with Crippen LogP contribution in [0.5, 0.6) is 0 Å². The summed E-state index contributed by atoms with van der Waals surface area (Å²) in [5, 5.41) is 11.3. The number of nitrogen functional groups attached to an aromatic ring is 1. The van der Waals surface area contributed by atoms with Crippen molar-refractivity contribution in [1.82, 2.24) is 10.2 Å². The number of esters is 1. The lowest BCUT2D eigenvalue weighted by Crippen LogP contribution is -2.50. The van der Waals surface area contributed by atoms with Gasteiger partial charge in [0.05, 0.1) is 0 Å². The van der Waals surface area contributed by atoms with Gasteiger partial charge in [0.15, 0.2) is 5.76 Å². The van der Waals surface area contributed by atoms with Gasteiger partial charge in [0.1, 0.15) is 29.2 Å². The van der Waals surface area contributed by atoms with E-state index in [4.69, 9.17) is 25.0 Å². The van der Waals surface area contributed by atoms with Crippen LogP contribution in [0.15, 0.2) is 28.7 Å². The molecule has 0 aliphatic heterocycles. The Morgan fingerprint density at radius 1 is 1.03 bits per heavy atom. The number of amides is 2. The van der Waals surface area contributed by atoms with E-state index in [2.05, 4.69) is 5.32 Å². The van der Waals surface area contributed by atoms with E-state index in [0.717, 1.165) is 0 Å². The highest BCUT2D eigenvalue weighted by atomic mass is 16.6. The largest absolute Gasteiger partial charge is 0.459 e. The molecule has 0 spiro atoms. The number of furan rings is 1. The standard InChI is InChI=1S/C27H38N4O6/c1-26(2,3)36-22(32)15-31(25(34)37-27(4,5)6)19-10-8-18(9-11-19)30-24(33)21-14-17-13-16(23(28)29)7-12-20(17)35-21/h7,12-14,18-19H,8-11,15H2,1-6H3,(H3,28,29)(H,30,33). The number of hydrogen-bond donors (Lipinski definition) is 3. The van der Waals surface area contributed by atoms with Crippen LogP contribution in [-0.2, 0) is 14.3 Å². The summed E-state index contributed by atoms with van der Waals surface area (Å²) in [6.07, 6.45) is 1.87. The van der Waals surface area contributed by atoms with E-state index in [1.807, 2.05) is 0 Å². The number of nitrogens with two attached hydrogens (primary N) is 1. The van der Waals surface area contributed by atoms with Crippen LogP contribution in [0.3, 0.4) is 0 Å². The lowest BCUT2D eigenvalue weighted by Gasteiger charge is -2.37. The Morgan fingerprint density at radius 2 is 1.65 bits per heavy atom. The first kappa shape index (κ1) is 28.0. The summed E-state index contributed by atoms with van der Waals surface area (Å²) in [4.78, 5) is 39.8. The first-order valence-corrected chi connectivity index (χ1v) is 12.5. The Hall–Kier alpha value is -3.56. The van der Waals surface area contributed by atoms with Crippen LogP contribution in [0.25, 0.3) is 11.0 Å². The van der Waals surface area contributed by atoms with Gasteiger partial charge in [0, 0.05) is 23.0 Å². The molecule has 0 bridgehead atoms. The number of rotatable bonds is 6. The number of amidine groups is 1. The molecule has 1 aromatic heterocycles. The van der Waals surface area contributed by atoms with E-state index < -0.39 is 23.3 Å². The Kier molecular flexibility index (Phi) is 8.19. The van der Waals surface area contributed by atoms with Crippen LogP contribution in [0.4, 0.5) is 4.79 Å². The van der Waals surface area contributed by atoms with Gasteiger partial charge in [0.2, 0.25) is 0 Å². The summed E-state index contributed by atoms with van der Waals surface area (Å²) in [6, 6.07) is 6.38. The van der Waals surface area contributed by atoms with Crippen molar-refractivity contribution in [1.29, 1.82) is 5.41 Å². The molecular weight excluding hydrogens is 476 g/mol. The number of carbonyl (C=O) groups excluding carboxylic acids is 3. The third kappa shape index (κ3) is 7.96. The van der Waals surface area contributed by atoms with Crippen LogP contribution in [0, 0.1) is 5.41 Å². The van der Waals surface area contributed by atoms with Gasteiger partial charge in [-0.05, 0) is 91.5 Å². The smallest absolute Gasteiger partial charge is 0.411 e. The summed E-state index contributed by atoms with van der Waals surface area (Å²) in [6.45, 7) is 10.5. The van der Waals surface area contributed by atoms with Gasteiger partial charge in [-0.2, -0.15) is 0 Å². The van der Waals surface area contributed by atoms with Crippen molar-refractivity contribution in [2.75, 3.05) is 6.54 Å². The number of fused-ring (bicyclic) bond motifs is 1. The van der Waals surface area contributed by atoms with Gasteiger partial charge in [-0.25, -0.2) is 4.79 Å². The lowest BCUT2D eigenvalue weighted by molar-refractivity contribution is -0.156. The normalized spacial score (nSPS) is 18.2. The topological polar surface area (TPSA) is 148 Å². The Morgan fingerprint density at radius 3 is 2.22 bits per heavy atom. The predicted molar refractivity (Wildman–Crippen MR) is 140 cm³/mol. The van der Waals surface area contributed by atoms with Gasteiger partial charge in [-0.1, -0.05) is 0 Å². The fourth-order valence-electron chi connectivity index (χ4n) is 4.29. The molecule has 1 aromatic carbocycles. The maximum atomic E-state index is 12.9. The van der Waals surface area contributed by atoms with Crippen LogP contribution < -0.4 is 11.1 Å². The third-order valence-corrected chi connectivity index (χ3v) is 5.87.